The summed E-state index contributed by atoms with van der Waals surface area (Å²) in [7, 11) is 0. The fraction of sp³-hybridized carbons (Fsp3) is 0.250. The number of anilines is 1. The number of carbonyl (C=O) groups excluding carboxylic acids is 1. The molecule has 0 aliphatic rings. The van der Waals surface area contributed by atoms with Gasteiger partial charge in [0.2, 0.25) is 5.13 Å². The topological polar surface area (TPSA) is 64.1 Å². The summed E-state index contributed by atoms with van der Waals surface area (Å²) in [6.07, 6.45) is -0.649. The number of thioether (sulfide) groups is 1. The Morgan fingerprint density at radius 1 is 1.21 bits per heavy atom. The maximum Gasteiger partial charge on any atom is 0.266 e. The molecule has 0 saturated heterocycles. The van der Waals surface area contributed by atoms with Crippen molar-refractivity contribution in [2.75, 3.05) is 5.32 Å². The normalized spacial score (nSPS) is 11.9. The molecule has 0 saturated carbocycles. The predicted octanol–water partition coefficient (Wildman–Crippen LogP) is 5.51. The number of nitrogens with one attached hydrogen (secondary N) is 1. The second-order valence-corrected chi connectivity index (χ2v) is 8.93. The van der Waals surface area contributed by atoms with Gasteiger partial charge in [0.1, 0.15) is 5.75 Å². The molecule has 0 spiro atoms. The highest BCUT2D eigenvalue weighted by molar-refractivity contribution is 8.00. The van der Waals surface area contributed by atoms with Crippen molar-refractivity contribution in [3.8, 4) is 5.75 Å². The van der Waals surface area contributed by atoms with E-state index in [1.807, 2.05) is 50.2 Å². The third-order valence-corrected chi connectivity index (χ3v) is 6.21. The van der Waals surface area contributed by atoms with E-state index in [1.165, 1.54) is 23.1 Å². The zero-order valence-corrected chi connectivity index (χ0v) is 18.1. The van der Waals surface area contributed by atoms with Crippen molar-refractivity contribution in [3.05, 3.63) is 64.2 Å². The van der Waals surface area contributed by atoms with Crippen molar-refractivity contribution in [1.82, 2.24) is 10.2 Å². The number of benzene rings is 2. The van der Waals surface area contributed by atoms with E-state index in [0.717, 1.165) is 26.1 Å². The number of amides is 1. The molecule has 0 aliphatic carbocycles. The third kappa shape index (κ3) is 5.70. The summed E-state index contributed by atoms with van der Waals surface area (Å²) < 4.78 is 6.52. The van der Waals surface area contributed by atoms with Crippen LogP contribution in [0.4, 0.5) is 5.13 Å². The third-order valence-electron chi connectivity index (χ3n) is 3.82. The lowest BCUT2D eigenvalue weighted by Gasteiger charge is -2.14. The summed E-state index contributed by atoms with van der Waals surface area (Å²) in [5.74, 6) is 1.10. The van der Waals surface area contributed by atoms with Crippen molar-refractivity contribution in [2.24, 2.45) is 0 Å². The zero-order chi connectivity index (χ0) is 20.1. The second kappa shape index (κ2) is 9.41. The molecule has 1 amide bonds. The fourth-order valence-electron chi connectivity index (χ4n) is 2.54. The van der Waals surface area contributed by atoms with E-state index in [9.17, 15) is 4.79 Å². The maximum atomic E-state index is 12.4. The van der Waals surface area contributed by atoms with Crippen LogP contribution < -0.4 is 10.1 Å². The molecule has 1 aromatic heterocycles. The summed E-state index contributed by atoms with van der Waals surface area (Å²) in [4.78, 5) is 12.4. The average molecular weight is 434 g/mol. The van der Waals surface area contributed by atoms with Crippen LogP contribution in [-0.4, -0.2) is 22.2 Å². The summed E-state index contributed by atoms with van der Waals surface area (Å²) in [6.45, 7) is 5.70. The molecule has 28 heavy (non-hydrogen) atoms. The molecule has 1 unspecified atom stereocenters. The van der Waals surface area contributed by atoms with Crippen LogP contribution in [0.15, 0.2) is 46.8 Å². The number of aryl methyl sites for hydroxylation is 2. The standard InChI is InChI=1S/C20H20ClN3O2S2/c1-12-8-13(2)10-16(9-12)26-14(3)18(25)22-19-23-24-20(28-19)27-11-15-6-4-5-7-17(15)21/h4-10,14H,11H2,1-3H3,(H,22,23,25). The largest absolute Gasteiger partial charge is 0.481 e. The van der Waals surface area contributed by atoms with Crippen LogP contribution in [0.25, 0.3) is 0 Å². The van der Waals surface area contributed by atoms with Crippen LogP contribution in [0.5, 0.6) is 5.75 Å². The van der Waals surface area contributed by atoms with Crippen molar-refractivity contribution < 1.29 is 9.53 Å². The van der Waals surface area contributed by atoms with E-state index in [1.54, 1.807) is 6.92 Å². The highest BCUT2D eigenvalue weighted by atomic mass is 35.5. The fourth-order valence-corrected chi connectivity index (χ4v) is 4.58. The van der Waals surface area contributed by atoms with E-state index < -0.39 is 6.10 Å². The highest BCUT2D eigenvalue weighted by Gasteiger charge is 2.17. The van der Waals surface area contributed by atoms with Crippen LogP contribution in [0.1, 0.15) is 23.6 Å². The van der Waals surface area contributed by atoms with Crippen molar-refractivity contribution >= 4 is 45.7 Å². The molecule has 146 valence electrons. The first-order valence-corrected chi connectivity index (χ1v) is 10.8. The van der Waals surface area contributed by atoms with E-state index in [-0.39, 0.29) is 5.91 Å². The van der Waals surface area contributed by atoms with Crippen molar-refractivity contribution in [1.29, 1.82) is 0 Å². The highest BCUT2D eigenvalue weighted by Crippen LogP contribution is 2.30. The smallest absolute Gasteiger partial charge is 0.266 e. The number of aromatic nitrogens is 2. The lowest BCUT2D eigenvalue weighted by molar-refractivity contribution is -0.122. The maximum absolute atomic E-state index is 12.4. The molecule has 0 radical (unpaired) electrons. The van der Waals surface area contributed by atoms with Gasteiger partial charge in [-0.2, -0.15) is 0 Å². The SMILES string of the molecule is Cc1cc(C)cc(OC(C)C(=O)Nc2nnc(SCc3ccccc3Cl)s2)c1. The molecule has 0 fully saturated rings. The molecular formula is C20H20ClN3O2S2. The second-order valence-electron chi connectivity index (χ2n) is 6.33. The van der Waals surface area contributed by atoms with Gasteiger partial charge in [-0.1, -0.05) is 59.0 Å². The number of hydrogen-bond donors (Lipinski definition) is 1. The number of halogens is 1. The number of ether oxygens (including phenoxy) is 1. The van der Waals surface area contributed by atoms with Gasteiger partial charge in [-0.15, -0.1) is 10.2 Å². The summed E-state index contributed by atoms with van der Waals surface area (Å²) in [5, 5.41) is 12.1. The monoisotopic (exact) mass is 433 g/mol. The average Bonchev–Trinajstić information content (AvgIpc) is 3.07. The first-order chi connectivity index (χ1) is 13.4. The Morgan fingerprint density at radius 2 is 1.93 bits per heavy atom. The van der Waals surface area contributed by atoms with Gasteiger partial charge in [-0.3, -0.25) is 10.1 Å². The van der Waals surface area contributed by atoms with E-state index in [0.29, 0.717) is 16.6 Å². The molecule has 0 aliphatic heterocycles. The molecule has 3 rings (SSSR count). The Labute approximate surface area is 177 Å². The van der Waals surface area contributed by atoms with Gasteiger partial charge in [-0.25, -0.2) is 0 Å². The summed E-state index contributed by atoms with van der Waals surface area (Å²) in [6, 6.07) is 13.6. The summed E-state index contributed by atoms with van der Waals surface area (Å²) >= 11 is 9.02. The minimum absolute atomic E-state index is 0.266. The minimum atomic E-state index is -0.649. The van der Waals surface area contributed by atoms with Gasteiger partial charge in [0.05, 0.1) is 0 Å². The Bertz CT molecular complexity index is 957. The van der Waals surface area contributed by atoms with Crippen molar-refractivity contribution in [3.63, 3.8) is 0 Å². The Balaban J connectivity index is 1.55. The van der Waals surface area contributed by atoms with Crippen LogP contribution in [0.3, 0.4) is 0 Å². The lowest BCUT2D eigenvalue weighted by atomic mass is 10.1. The zero-order valence-electron chi connectivity index (χ0n) is 15.7. The molecule has 1 atom stereocenters. The van der Waals surface area contributed by atoms with E-state index >= 15 is 0 Å². The van der Waals surface area contributed by atoms with Crippen LogP contribution in [0, 0.1) is 13.8 Å². The Hall–Kier alpha value is -2.09. The number of rotatable bonds is 7. The Morgan fingerprint density at radius 3 is 2.64 bits per heavy atom. The molecule has 0 bridgehead atoms. The number of hydrogen-bond acceptors (Lipinski definition) is 6. The van der Waals surface area contributed by atoms with Gasteiger partial charge in [0.15, 0.2) is 10.4 Å². The molecule has 3 aromatic rings. The molecule has 8 heteroatoms. The van der Waals surface area contributed by atoms with Gasteiger partial charge in [0.25, 0.3) is 5.91 Å². The molecular weight excluding hydrogens is 414 g/mol. The first kappa shape index (κ1) is 20.6. The van der Waals surface area contributed by atoms with Crippen molar-refractivity contribution in [2.45, 2.75) is 37.0 Å². The quantitative estimate of drug-likeness (QED) is 0.393. The molecule has 2 aromatic carbocycles. The molecule has 1 heterocycles. The van der Waals surface area contributed by atoms with Crippen LogP contribution in [0.2, 0.25) is 5.02 Å². The van der Waals surface area contributed by atoms with Gasteiger partial charge >= 0.3 is 0 Å². The number of carbonyl (C=O) groups is 1. The molecule has 1 N–H and O–H groups in total. The van der Waals surface area contributed by atoms with Gasteiger partial charge in [-0.05, 0) is 55.7 Å². The minimum Gasteiger partial charge on any atom is -0.481 e. The lowest BCUT2D eigenvalue weighted by Crippen LogP contribution is -2.30. The van der Waals surface area contributed by atoms with Crippen LogP contribution in [-0.2, 0) is 10.5 Å². The predicted molar refractivity (Wildman–Crippen MR) is 116 cm³/mol. The van der Waals surface area contributed by atoms with Gasteiger partial charge in [0, 0.05) is 10.8 Å². The molecule has 5 nitrogen and oxygen atoms in total. The van der Waals surface area contributed by atoms with Crippen LogP contribution >= 0.6 is 34.7 Å². The Kier molecular flexibility index (Phi) is 6.93. The van der Waals surface area contributed by atoms with E-state index in [2.05, 4.69) is 21.6 Å². The number of nitrogens with zero attached hydrogens (tertiary/aromatic N) is 2. The first-order valence-electron chi connectivity index (χ1n) is 8.66. The summed E-state index contributed by atoms with van der Waals surface area (Å²) in [5.41, 5.74) is 3.21. The van der Waals surface area contributed by atoms with E-state index in [4.69, 9.17) is 16.3 Å². The van der Waals surface area contributed by atoms with Gasteiger partial charge < -0.3 is 4.74 Å².